The van der Waals surface area contributed by atoms with Gasteiger partial charge in [-0.15, -0.1) is 63.5 Å². The summed E-state index contributed by atoms with van der Waals surface area (Å²) >= 11 is 8.99. The van der Waals surface area contributed by atoms with E-state index < -0.39 is 36.5 Å². The topological polar surface area (TPSA) is 210 Å². The second kappa shape index (κ2) is 33.1. The molecule has 0 fully saturated rings. The van der Waals surface area contributed by atoms with Crippen LogP contribution >= 0.6 is 95.2 Å². The maximum Gasteiger partial charge on any atom is 0.539 e. The van der Waals surface area contributed by atoms with Gasteiger partial charge in [0.05, 0.1) is 18.2 Å². The SMILES string of the molecule is CC(O)c1cc2ccccc2s1.CC(c1cc2ccccc2s1)N(O)C(=O)Oc1ccccc1.CC(c1cc2ccccc2s1)N(O)C(N)=O.I.II.O=C(NOC(=O)Oc1ccccc1)Oc1ccccc1.[V]. The summed E-state index contributed by atoms with van der Waals surface area (Å²) < 4.78 is 18.2. The molecule has 0 saturated carbocycles. The molecule has 4 amide bonds. The Kier molecular flexibility index (Phi) is 28.3. The zero-order chi connectivity index (χ0) is 52.0. The number of aliphatic hydroxyl groups is 1. The number of ether oxygens (including phenoxy) is 3. The van der Waals surface area contributed by atoms with Gasteiger partial charge in [-0.1, -0.05) is 109 Å². The molecule has 9 aromatic rings. The summed E-state index contributed by atoms with van der Waals surface area (Å²) in [6, 6.07) is 53.6. The zero-order valence-corrected chi connectivity index (χ0v) is 50.0. The van der Waals surface area contributed by atoms with Crippen molar-refractivity contribution >= 4 is 150 Å². The number of halogens is 3. The summed E-state index contributed by atoms with van der Waals surface area (Å²) in [5.41, 5.74) is 6.83. The van der Waals surface area contributed by atoms with Gasteiger partial charge in [-0.05, 0) is 110 Å². The third kappa shape index (κ3) is 19.9. The number of nitrogens with zero attached hydrogens (tertiary/aromatic N) is 2. The Hall–Kier alpha value is -5.07. The predicted octanol–water partition coefficient (Wildman–Crippen LogP) is 15.8. The van der Waals surface area contributed by atoms with Crippen LogP contribution < -0.4 is 25.4 Å². The van der Waals surface area contributed by atoms with Gasteiger partial charge in [-0.25, -0.2) is 19.2 Å². The van der Waals surface area contributed by atoms with Gasteiger partial charge in [0.25, 0.3) is 0 Å². The minimum Gasteiger partial charge on any atom is -0.409 e. The number of carbonyl (C=O) groups is 4. The van der Waals surface area contributed by atoms with Crippen LogP contribution in [0.25, 0.3) is 30.3 Å². The van der Waals surface area contributed by atoms with Crippen molar-refractivity contribution in [2.45, 2.75) is 39.0 Å². The summed E-state index contributed by atoms with van der Waals surface area (Å²) in [4.78, 5) is 52.6. The number of aliphatic hydroxyl groups excluding tert-OH is 1. The van der Waals surface area contributed by atoms with E-state index in [2.05, 4.69) is 54.2 Å². The zero-order valence-electron chi connectivity index (χ0n) is 39.5. The fraction of sp³-hybridized carbons (Fsp3) is 0.115. The summed E-state index contributed by atoms with van der Waals surface area (Å²) in [5, 5.41) is 33.5. The summed E-state index contributed by atoms with van der Waals surface area (Å²) in [7, 11) is 0. The Morgan fingerprint density at radius 2 is 0.865 bits per heavy atom. The van der Waals surface area contributed by atoms with E-state index in [0.29, 0.717) is 27.4 Å². The Bertz CT molecular complexity index is 2970. The summed E-state index contributed by atoms with van der Waals surface area (Å²) in [6.45, 7) is 5.29. The molecule has 0 aliphatic heterocycles. The third-order valence-electron chi connectivity index (χ3n) is 9.78. The van der Waals surface area contributed by atoms with Crippen molar-refractivity contribution in [2.75, 3.05) is 0 Å². The van der Waals surface area contributed by atoms with Crippen LogP contribution in [0.1, 0.15) is 53.6 Å². The molecule has 3 atom stereocenters. The van der Waals surface area contributed by atoms with Crippen molar-refractivity contribution < 1.29 is 72.3 Å². The van der Waals surface area contributed by atoms with Crippen molar-refractivity contribution in [2.24, 2.45) is 5.73 Å². The fourth-order valence-electron chi connectivity index (χ4n) is 6.16. The number of nitrogens with one attached hydrogen (secondary N) is 1. The van der Waals surface area contributed by atoms with E-state index in [0.717, 1.165) is 34.8 Å². The largest absolute Gasteiger partial charge is 0.539 e. The Morgan fingerprint density at radius 3 is 1.26 bits per heavy atom. The number of para-hydroxylation sites is 3. The summed E-state index contributed by atoms with van der Waals surface area (Å²) in [5.74, 6) is 1.02. The van der Waals surface area contributed by atoms with Crippen molar-refractivity contribution in [1.29, 1.82) is 0 Å². The van der Waals surface area contributed by atoms with E-state index in [1.54, 1.807) is 140 Å². The molecular weight excluding hydrogens is 1380 g/mol. The number of benzene rings is 6. The molecule has 0 saturated heterocycles. The van der Waals surface area contributed by atoms with Crippen LogP contribution in [0.4, 0.5) is 19.2 Å². The van der Waals surface area contributed by atoms with E-state index in [9.17, 15) is 34.7 Å². The molecule has 0 aliphatic carbocycles. The molecule has 0 bridgehead atoms. The number of rotatable bonds is 8. The third-order valence-corrected chi connectivity index (χ3v) is 13.6. The molecule has 387 valence electrons. The number of carbonyl (C=O) groups excluding carboxylic acids is 4. The number of hydrogen-bond donors (Lipinski definition) is 5. The van der Waals surface area contributed by atoms with Gasteiger partial charge in [0, 0.05) is 84.5 Å². The molecular formula is C52H49I3N4O11S3V. The molecule has 3 aromatic heterocycles. The average molecular weight is 1430 g/mol. The van der Waals surface area contributed by atoms with Gasteiger partial charge in [0.15, 0.2) is 0 Å². The maximum absolute atomic E-state index is 12.0. The van der Waals surface area contributed by atoms with Crippen LogP contribution in [-0.2, 0) is 23.4 Å². The fourth-order valence-corrected chi connectivity index (χ4v) is 9.36. The average Bonchev–Trinajstić information content (AvgIpc) is 4.17. The van der Waals surface area contributed by atoms with E-state index >= 15 is 0 Å². The standard InChI is InChI=1S/C17H15NO3S.C14H11NO5.C11H12N2O2S.C10H10OS.I2.HI.V/c1-12(16-11-13-7-5-6-10-15(13)22-16)18(20)17(19)21-14-8-3-2-4-9-14;16-13(18-11-7-3-1-4-8-11)15-20-14(17)19-12-9-5-2-6-10-12;1-7(13(15)11(12)14)10-6-8-4-2-3-5-9(8)16-10;1-7(11)10-6-8-4-2-3-5-9(8)12-10;1-2;;/h2-12,20H,1H3;1-10H,(H,15,16);2-7,15H,1H3,(H2,12,14);2-7,11H,1H3;;1H;. The molecule has 0 spiro atoms. The first-order valence-electron chi connectivity index (χ1n) is 21.5. The molecule has 1 radical (unpaired) electrons. The number of thiophene rings is 3. The van der Waals surface area contributed by atoms with Crippen LogP contribution in [0.5, 0.6) is 17.2 Å². The Balaban J connectivity index is 0.000000260. The van der Waals surface area contributed by atoms with Crippen LogP contribution in [0.15, 0.2) is 182 Å². The Morgan fingerprint density at radius 1 is 0.527 bits per heavy atom. The van der Waals surface area contributed by atoms with Crippen molar-refractivity contribution in [3.05, 3.63) is 197 Å². The van der Waals surface area contributed by atoms with Crippen LogP contribution in [0.3, 0.4) is 0 Å². The van der Waals surface area contributed by atoms with Gasteiger partial charge < -0.3 is 29.9 Å². The molecule has 22 heteroatoms. The first kappa shape index (κ1) is 63.2. The van der Waals surface area contributed by atoms with Gasteiger partial charge in [0.2, 0.25) is 0 Å². The molecule has 3 heterocycles. The smallest absolute Gasteiger partial charge is 0.409 e. The minimum atomic E-state index is -1.07. The van der Waals surface area contributed by atoms with E-state index in [1.807, 2.05) is 90.4 Å². The predicted molar refractivity (Wildman–Crippen MR) is 315 cm³/mol. The molecule has 6 N–H and O–H groups in total. The van der Waals surface area contributed by atoms with Crippen molar-refractivity contribution in [3.8, 4) is 17.2 Å². The Labute approximate surface area is 491 Å². The molecule has 74 heavy (non-hydrogen) atoms. The molecule has 0 aliphatic rings. The van der Waals surface area contributed by atoms with Crippen molar-refractivity contribution in [3.63, 3.8) is 0 Å². The van der Waals surface area contributed by atoms with E-state index in [1.165, 1.54) is 10.1 Å². The summed E-state index contributed by atoms with van der Waals surface area (Å²) in [6.07, 6.45) is -3.14. The first-order chi connectivity index (χ1) is 34.7. The van der Waals surface area contributed by atoms with Crippen LogP contribution in [0.2, 0.25) is 0 Å². The number of fused-ring (bicyclic) bond motifs is 3. The van der Waals surface area contributed by atoms with E-state index in [-0.39, 0.29) is 48.6 Å². The number of primary amides is 1. The van der Waals surface area contributed by atoms with Gasteiger partial charge in [-0.3, -0.25) is 10.4 Å². The first-order valence-corrected chi connectivity index (χ1v) is 30.3. The van der Waals surface area contributed by atoms with Gasteiger partial charge >= 0.3 is 24.4 Å². The maximum atomic E-state index is 12.0. The second-order valence-corrected chi connectivity index (χ2v) is 18.2. The molecule has 3 unspecified atom stereocenters. The number of hydroxylamine groups is 5. The monoisotopic (exact) mass is 1430 g/mol. The second-order valence-electron chi connectivity index (χ2n) is 14.9. The number of hydrogen-bond acceptors (Lipinski definition) is 14. The number of amides is 4. The van der Waals surface area contributed by atoms with Gasteiger partial charge in [-0.2, -0.15) is 10.1 Å². The van der Waals surface area contributed by atoms with E-state index in [4.69, 9.17) is 19.9 Å². The number of urea groups is 1. The minimum absolute atomic E-state index is 0. The normalized spacial score (nSPS) is 11.1. The van der Waals surface area contributed by atoms with Crippen LogP contribution in [0, 0.1) is 0 Å². The number of nitrogens with two attached hydrogens (primary N) is 1. The quantitative estimate of drug-likeness (QED) is 0.0318. The molecule has 6 aromatic carbocycles. The van der Waals surface area contributed by atoms with Crippen LogP contribution in [-0.4, -0.2) is 50.0 Å². The van der Waals surface area contributed by atoms with Gasteiger partial charge in [0.1, 0.15) is 17.2 Å². The van der Waals surface area contributed by atoms with Crippen molar-refractivity contribution in [1.82, 2.24) is 15.6 Å². The molecule has 9 rings (SSSR count). The molecule has 15 nitrogen and oxygen atoms in total.